The Kier molecular flexibility index (Phi) is 7.02. The van der Waals surface area contributed by atoms with Crippen LogP contribution in [0.2, 0.25) is 0 Å². The first-order chi connectivity index (χ1) is 15.6. The van der Waals surface area contributed by atoms with E-state index in [2.05, 4.69) is 69.5 Å². The minimum Gasteiger partial charge on any atom is -0.497 e. The Morgan fingerprint density at radius 3 is 2.41 bits per heavy atom. The molecule has 0 aliphatic carbocycles. The molecule has 2 aromatic carbocycles. The maximum absolute atomic E-state index is 5.36. The molecule has 8 heteroatoms. The van der Waals surface area contributed by atoms with Gasteiger partial charge in [0, 0.05) is 39.0 Å². The molecule has 0 N–H and O–H groups in total. The van der Waals surface area contributed by atoms with Crippen molar-refractivity contribution in [2.45, 2.75) is 26.4 Å². The third-order valence-electron chi connectivity index (χ3n) is 6.13. The highest BCUT2D eigenvalue weighted by Crippen LogP contribution is 2.31. The molecule has 8 nitrogen and oxygen atoms in total. The van der Waals surface area contributed by atoms with Crippen LogP contribution in [-0.4, -0.2) is 72.1 Å². The number of benzene rings is 2. The molecule has 3 aromatic rings. The highest BCUT2D eigenvalue weighted by molar-refractivity contribution is 5.55. The van der Waals surface area contributed by atoms with E-state index in [0.29, 0.717) is 13.2 Å². The first kappa shape index (κ1) is 22.2. The van der Waals surface area contributed by atoms with Crippen LogP contribution in [0.4, 0.5) is 5.69 Å². The fourth-order valence-corrected chi connectivity index (χ4v) is 4.33. The maximum atomic E-state index is 5.36. The minimum atomic E-state index is -0.0338. The van der Waals surface area contributed by atoms with Crippen molar-refractivity contribution in [3.05, 3.63) is 65.0 Å². The number of nitrogens with zero attached hydrogens (tertiary/aromatic N) is 6. The van der Waals surface area contributed by atoms with Gasteiger partial charge in [-0.3, -0.25) is 4.90 Å². The van der Waals surface area contributed by atoms with Gasteiger partial charge in [0.2, 0.25) is 0 Å². The predicted octanol–water partition coefficient (Wildman–Crippen LogP) is 2.86. The molecule has 0 spiro atoms. The van der Waals surface area contributed by atoms with Crippen LogP contribution in [-0.2, 0) is 11.3 Å². The van der Waals surface area contributed by atoms with E-state index in [1.807, 2.05) is 16.8 Å². The third kappa shape index (κ3) is 4.76. The van der Waals surface area contributed by atoms with Crippen LogP contribution in [0.3, 0.4) is 0 Å². The Bertz CT molecular complexity index is 1010. The molecule has 1 fully saturated rings. The fraction of sp³-hybridized carbons (Fsp3) is 0.458. The van der Waals surface area contributed by atoms with E-state index >= 15 is 0 Å². The summed E-state index contributed by atoms with van der Waals surface area (Å²) in [5, 5.41) is 12.6. The number of tetrazole rings is 1. The second-order valence-corrected chi connectivity index (χ2v) is 8.24. The topological polar surface area (TPSA) is 68.5 Å². The summed E-state index contributed by atoms with van der Waals surface area (Å²) >= 11 is 0. The Hall–Kier alpha value is -2.97. The number of methoxy groups -OCH3 is 2. The van der Waals surface area contributed by atoms with E-state index in [4.69, 9.17) is 9.47 Å². The average molecular weight is 437 g/mol. The molecule has 1 atom stereocenters. The summed E-state index contributed by atoms with van der Waals surface area (Å²) in [5.41, 5.74) is 5.09. The molecular formula is C24H32N6O2. The molecule has 0 saturated carbocycles. The molecule has 1 aromatic heterocycles. The van der Waals surface area contributed by atoms with E-state index in [9.17, 15) is 0 Å². The summed E-state index contributed by atoms with van der Waals surface area (Å²) in [6.07, 6.45) is 0. The second kappa shape index (κ2) is 10.1. The summed E-state index contributed by atoms with van der Waals surface area (Å²) in [4.78, 5) is 4.95. The Balaban J connectivity index is 1.59. The molecule has 4 rings (SSSR count). The van der Waals surface area contributed by atoms with Gasteiger partial charge >= 0.3 is 0 Å². The largest absolute Gasteiger partial charge is 0.497 e. The zero-order valence-electron chi connectivity index (χ0n) is 19.4. The molecule has 32 heavy (non-hydrogen) atoms. The van der Waals surface area contributed by atoms with Crippen molar-refractivity contribution >= 4 is 5.69 Å². The van der Waals surface area contributed by atoms with Crippen molar-refractivity contribution in [1.29, 1.82) is 0 Å². The molecule has 1 unspecified atom stereocenters. The van der Waals surface area contributed by atoms with Gasteiger partial charge in [-0.2, -0.15) is 0 Å². The van der Waals surface area contributed by atoms with Gasteiger partial charge in [0.25, 0.3) is 0 Å². The lowest BCUT2D eigenvalue weighted by Gasteiger charge is -2.40. The van der Waals surface area contributed by atoms with E-state index in [1.54, 1.807) is 14.2 Å². The minimum absolute atomic E-state index is 0.0338. The first-order valence-electron chi connectivity index (χ1n) is 11.1. The highest BCUT2D eigenvalue weighted by Gasteiger charge is 2.31. The Morgan fingerprint density at radius 1 is 0.969 bits per heavy atom. The van der Waals surface area contributed by atoms with Crippen LogP contribution >= 0.6 is 0 Å². The summed E-state index contributed by atoms with van der Waals surface area (Å²) in [6, 6.07) is 14.8. The smallest absolute Gasteiger partial charge is 0.173 e. The molecule has 2 heterocycles. The molecule has 0 amide bonds. The van der Waals surface area contributed by atoms with Gasteiger partial charge in [0.15, 0.2) is 5.82 Å². The number of hydrogen-bond donors (Lipinski definition) is 0. The van der Waals surface area contributed by atoms with Gasteiger partial charge < -0.3 is 14.4 Å². The molecule has 0 bridgehead atoms. The number of anilines is 1. The van der Waals surface area contributed by atoms with Crippen LogP contribution in [0.1, 0.15) is 28.6 Å². The lowest BCUT2D eigenvalue weighted by molar-refractivity contribution is 0.171. The van der Waals surface area contributed by atoms with Crippen molar-refractivity contribution < 1.29 is 9.47 Å². The SMILES string of the molecule is COCCn1nnnc1C(c1ccc(OC)cc1)N1CCN(c2cc(C)ccc2C)CC1. The number of rotatable bonds is 8. The van der Waals surface area contributed by atoms with E-state index in [1.165, 1.54) is 16.8 Å². The summed E-state index contributed by atoms with van der Waals surface area (Å²) in [5.74, 6) is 1.68. The van der Waals surface area contributed by atoms with E-state index in [0.717, 1.165) is 43.3 Å². The van der Waals surface area contributed by atoms with E-state index < -0.39 is 0 Å². The van der Waals surface area contributed by atoms with Gasteiger partial charge in [0.1, 0.15) is 5.75 Å². The summed E-state index contributed by atoms with van der Waals surface area (Å²) in [7, 11) is 3.38. The van der Waals surface area contributed by atoms with Crippen LogP contribution < -0.4 is 9.64 Å². The average Bonchev–Trinajstić information content (AvgIpc) is 3.28. The quantitative estimate of drug-likeness (QED) is 0.538. The van der Waals surface area contributed by atoms with Crippen molar-refractivity contribution in [3.8, 4) is 5.75 Å². The van der Waals surface area contributed by atoms with Crippen molar-refractivity contribution in [1.82, 2.24) is 25.1 Å². The summed E-state index contributed by atoms with van der Waals surface area (Å²) < 4.78 is 12.5. The standard InChI is InChI=1S/C24H32N6O2/c1-18-5-6-19(2)22(17-18)28-11-13-29(14-12-28)23(20-7-9-21(32-4)10-8-20)24-25-26-27-30(24)15-16-31-3/h5-10,17,23H,11-16H2,1-4H3. The van der Waals surface area contributed by atoms with E-state index in [-0.39, 0.29) is 6.04 Å². The third-order valence-corrected chi connectivity index (χ3v) is 6.13. The van der Waals surface area contributed by atoms with Crippen LogP contribution in [0, 0.1) is 13.8 Å². The van der Waals surface area contributed by atoms with Gasteiger partial charge in [0.05, 0.1) is 26.3 Å². The normalized spacial score (nSPS) is 15.7. The number of ether oxygens (including phenoxy) is 2. The number of aryl methyl sites for hydroxylation is 2. The molecular weight excluding hydrogens is 404 g/mol. The first-order valence-corrected chi connectivity index (χ1v) is 11.1. The van der Waals surface area contributed by atoms with Gasteiger partial charge in [-0.25, -0.2) is 4.68 Å². The van der Waals surface area contributed by atoms with Crippen LogP contribution in [0.25, 0.3) is 0 Å². The van der Waals surface area contributed by atoms with Crippen LogP contribution in [0.15, 0.2) is 42.5 Å². The molecule has 0 radical (unpaired) electrons. The van der Waals surface area contributed by atoms with Gasteiger partial charge in [-0.05, 0) is 59.2 Å². The van der Waals surface area contributed by atoms with Crippen molar-refractivity contribution in [2.24, 2.45) is 0 Å². The van der Waals surface area contributed by atoms with Crippen LogP contribution in [0.5, 0.6) is 5.75 Å². The molecule has 1 aliphatic rings. The molecule has 1 saturated heterocycles. The molecule has 1 aliphatic heterocycles. The number of hydrogen-bond acceptors (Lipinski definition) is 7. The van der Waals surface area contributed by atoms with Crippen molar-refractivity contribution in [3.63, 3.8) is 0 Å². The zero-order chi connectivity index (χ0) is 22.5. The van der Waals surface area contributed by atoms with Gasteiger partial charge in [-0.1, -0.05) is 24.3 Å². The fourth-order valence-electron chi connectivity index (χ4n) is 4.33. The van der Waals surface area contributed by atoms with Gasteiger partial charge in [-0.15, -0.1) is 5.10 Å². The predicted molar refractivity (Wildman–Crippen MR) is 124 cm³/mol. The van der Waals surface area contributed by atoms with Crippen molar-refractivity contribution in [2.75, 3.05) is 51.9 Å². The lowest BCUT2D eigenvalue weighted by atomic mass is 10.0. The number of piperazine rings is 1. The highest BCUT2D eigenvalue weighted by atomic mass is 16.5. The Morgan fingerprint density at radius 2 is 1.72 bits per heavy atom. The maximum Gasteiger partial charge on any atom is 0.173 e. The second-order valence-electron chi connectivity index (χ2n) is 8.24. The number of aromatic nitrogens is 4. The zero-order valence-corrected chi connectivity index (χ0v) is 19.4. The Labute approximate surface area is 189 Å². The summed E-state index contributed by atoms with van der Waals surface area (Å²) in [6.45, 7) is 9.27. The monoisotopic (exact) mass is 436 g/mol. The molecule has 170 valence electrons. The lowest BCUT2D eigenvalue weighted by Crippen LogP contribution is -2.48.